The first-order chi connectivity index (χ1) is 15.1. The van der Waals surface area contributed by atoms with Gasteiger partial charge >= 0.3 is 0 Å². The molecule has 0 spiro atoms. The largest absolute Gasteiger partial charge is 0.305 e. The first kappa shape index (κ1) is 19.2. The molecule has 7 heteroatoms. The van der Waals surface area contributed by atoms with Gasteiger partial charge in [-0.2, -0.15) is 10.2 Å². The molecule has 0 fully saturated rings. The zero-order chi connectivity index (χ0) is 21.4. The van der Waals surface area contributed by atoms with Gasteiger partial charge in [0.1, 0.15) is 11.5 Å². The molecule has 7 nitrogen and oxygen atoms in total. The van der Waals surface area contributed by atoms with Crippen LogP contribution < -0.4 is 10.3 Å². The van der Waals surface area contributed by atoms with E-state index in [2.05, 4.69) is 10.4 Å². The van der Waals surface area contributed by atoms with Crippen LogP contribution in [0, 0.1) is 6.92 Å². The molecule has 2 amide bonds. The van der Waals surface area contributed by atoms with E-state index < -0.39 is 0 Å². The smallest absolute Gasteiger partial charge is 0.273 e. The van der Waals surface area contributed by atoms with Crippen LogP contribution >= 0.6 is 0 Å². The fourth-order valence-corrected chi connectivity index (χ4v) is 4.13. The maximum absolute atomic E-state index is 13.2. The molecule has 1 aliphatic carbocycles. The van der Waals surface area contributed by atoms with Crippen LogP contribution in [0.25, 0.3) is 5.69 Å². The lowest BCUT2D eigenvalue weighted by Gasteiger charge is -2.23. The van der Waals surface area contributed by atoms with Gasteiger partial charge in [0.25, 0.3) is 5.91 Å². The van der Waals surface area contributed by atoms with Crippen LogP contribution in [0.2, 0.25) is 0 Å². The summed E-state index contributed by atoms with van der Waals surface area (Å²) in [5.74, 6) is 0.291. The third-order valence-electron chi connectivity index (χ3n) is 5.68. The average molecular weight is 413 g/mol. The number of nitrogens with one attached hydrogen (secondary N) is 1. The number of anilines is 2. The second-order valence-electron chi connectivity index (χ2n) is 7.92. The second-order valence-corrected chi connectivity index (χ2v) is 7.92. The van der Waals surface area contributed by atoms with Gasteiger partial charge in [-0.3, -0.25) is 9.59 Å². The normalized spacial score (nSPS) is 15.6. The fraction of sp³-hybridized carbons (Fsp3) is 0.250. The number of hydrogen-bond donors (Lipinski definition) is 1. The number of amides is 2. The standard InChI is InChI=1S/C24H23N5O2/c1-16-7-5-10-18(15-16)28-22(30)14-13-21(27-28)24(31)25-23-19-11-6-12-20(19)26-29(23)17-8-3-2-4-9-17/h2-5,7-10,15H,6,11-14H2,1H3,(H,25,31). The van der Waals surface area contributed by atoms with Crippen LogP contribution in [0.1, 0.15) is 36.1 Å². The molecule has 2 heterocycles. The number of hydrazone groups is 1. The van der Waals surface area contributed by atoms with E-state index in [1.807, 2.05) is 61.5 Å². The van der Waals surface area contributed by atoms with E-state index in [1.165, 1.54) is 5.01 Å². The van der Waals surface area contributed by atoms with Crippen molar-refractivity contribution >= 4 is 29.0 Å². The van der Waals surface area contributed by atoms with Crippen LogP contribution in [0.5, 0.6) is 0 Å². The van der Waals surface area contributed by atoms with E-state index in [1.54, 1.807) is 4.68 Å². The molecular formula is C24H23N5O2. The Morgan fingerprint density at radius 2 is 1.77 bits per heavy atom. The van der Waals surface area contributed by atoms with E-state index in [-0.39, 0.29) is 18.2 Å². The first-order valence-electron chi connectivity index (χ1n) is 10.5. The molecule has 1 N–H and O–H groups in total. The van der Waals surface area contributed by atoms with Crippen molar-refractivity contribution in [1.29, 1.82) is 0 Å². The van der Waals surface area contributed by atoms with E-state index >= 15 is 0 Å². The molecule has 0 saturated carbocycles. The Labute approximate surface area is 180 Å². The van der Waals surface area contributed by atoms with Gasteiger partial charge in [0.15, 0.2) is 0 Å². The van der Waals surface area contributed by atoms with Gasteiger partial charge in [-0.1, -0.05) is 30.3 Å². The van der Waals surface area contributed by atoms with Crippen molar-refractivity contribution < 1.29 is 9.59 Å². The number of carbonyl (C=O) groups is 2. The number of fused-ring (bicyclic) bond motifs is 1. The molecule has 1 aliphatic heterocycles. The Bertz CT molecular complexity index is 1200. The number of aryl methyl sites for hydroxylation is 2. The third-order valence-corrected chi connectivity index (χ3v) is 5.68. The highest BCUT2D eigenvalue weighted by Crippen LogP contribution is 2.31. The number of rotatable bonds is 4. The lowest BCUT2D eigenvalue weighted by molar-refractivity contribution is -0.118. The van der Waals surface area contributed by atoms with Gasteiger partial charge in [-0.25, -0.2) is 9.69 Å². The van der Waals surface area contributed by atoms with Crippen molar-refractivity contribution in [2.75, 3.05) is 10.3 Å². The lowest BCUT2D eigenvalue weighted by atomic mass is 10.1. The molecule has 0 atom stereocenters. The SMILES string of the molecule is Cc1cccc(N2N=C(C(=O)Nc3c4c(nn3-c3ccccc3)CCC4)CCC2=O)c1. The Kier molecular flexibility index (Phi) is 4.86. The van der Waals surface area contributed by atoms with Crippen LogP contribution in [-0.2, 0) is 22.4 Å². The van der Waals surface area contributed by atoms with Gasteiger partial charge < -0.3 is 5.32 Å². The minimum Gasteiger partial charge on any atom is -0.305 e. The number of carbonyl (C=O) groups excluding carboxylic acids is 2. The van der Waals surface area contributed by atoms with Crippen LogP contribution in [0.4, 0.5) is 11.5 Å². The molecule has 156 valence electrons. The topological polar surface area (TPSA) is 79.6 Å². The van der Waals surface area contributed by atoms with E-state index in [0.29, 0.717) is 23.6 Å². The molecule has 0 saturated heterocycles. The summed E-state index contributed by atoms with van der Waals surface area (Å²) >= 11 is 0. The quantitative estimate of drug-likeness (QED) is 0.707. The van der Waals surface area contributed by atoms with Gasteiger partial charge in [-0.15, -0.1) is 0 Å². The van der Waals surface area contributed by atoms with Gasteiger partial charge in [0, 0.05) is 18.4 Å². The van der Waals surface area contributed by atoms with Gasteiger partial charge in [-0.05, 0) is 56.0 Å². The third kappa shape index (κ3) is 3.63. The van der Waals surface area contributed by atoms with Crippen molar-refractivity contribution in [3.8, 4) is 5.69 Å². The van der Waals surface area contributed by atoms with E-state index in [0.717, 1.165) is 41.8 Å². The van der Waals surface area contributed by atoms with Crippen molar-refractivity contribution in [2.24, 2.45) is 5.10 Å². The molecule has 0 unspecified atom stereocenters. The molecule has 1 aromatic heterocycles. The summed E-state index contributed by atoms with van der Waals surface area (Å²) in [6.45, 7) is 1.96. The average Bonchev–Trinajstić information content (AvgIpc) is 3.37. The number of para-hydroxylation sites is 1. The Morgan fingerprint density at radius 3 is 2.58 bits per heavy atom. The molecule has 5 rings (SSSR count). The lowest BCUT2D eigenvalue weighted by Crippen LogP contribution is -2.36. The predicted molar refractivity (Wildman–Crippen MR) is 120 cm³/mol. The highest BCUT2D eigenvalue weighted by molar-refractivity contribution is 6.44. The van der Waals surface area contributed by atoms with Crippen LogP contribution in [0.3, 0.4) is 0 Å². The monoisotopic (exact) mass is 413 g/mol. The molecule has 0 radical (unpaired) electrons. The maximum atomic E-state index is 13.2. The Morgan fingerprint density at radius 1 is 0.968 bits per heavy atom. The molecule has 31 heavy (non-hydrogen) atoms. The summed E-state index contributed by atoms with van der Waals surface area (Å²) in [5.41, 5.74) is 5.05. The summed E-state index contributed by atoms with van der Waals surface area (Å²) in [6, 6.07) is 17.3. The van der Waals surface area contributed by atoms with Crippen molar-refractivity contribution in [1.82, 2.24) is 9.78 Å². The Balaban J connectivity index is 1.47. The molecular weight excluding hydrogens is 390 g/mol. The first-order valence-corrected chi connectivity index (χ1v) is 10.5. The molecule has 0 bridgehead atoms. The summed E-state index contributed by atoms with van der Waals surface area (Å²) < 4.78 is 1.80. The van der Waals surface area contributed by atoms with Crippen molar-refractivity contribution in [2.45, 2.75) is 39.0 Å². The van der Waals surface area contributed by atoms with E-state index in [9.17, 15) is 9.59 Å². The minimum absolute atomic E-state index is 0.114. The predicted octanol–water partition coefficient (Wildman–Crippen LogP) is 3.79. The summed E-state index contributed by atoms with van der Waals surface area (Å²) in [6.07, 6.45) is 3.39. The fourth-order valence-electron chi connectivity index (χ4n) is 4.13. The number of nitrogens with zero attached hydrogens (tertiary/aromatic N) is 4. The Hall–Kier alpha value is -3.74. The van der Waals surface area contributed by atoms with Crippen molar-refractivity contribution in [3.63, 3.8) is 0 Å². The summed E-state index contributed by atoms with van der Waals surface area (Å²) in [7, 11) is 0. The zero-order valence-electron chi connectivity index (χ0n) is 17.3. The summed E-state index contributed by atoms with van der Waals surface area (Å²) in [5, 5.41) is 13.5. The number of benzene rings is 2. The van der Waals surface area contributed by atoms with Gasteiger partial charge in [0.2, 0.25) is 5.91 Å². The van der Waals surface area contributed by atoms with Crippen LogP contribution in [-0.4, -0.2) is 27.3 Å². The number of hydrogen-bond acceptors (Lipinski definition) is 4. The maximum Gasteiger partial charge on any atom is 0.273 e. The second kappa shape index (κ2) is 7.83. The highest BCUT2D eigenvalue weighted by atomic mass is 16.2. The number of aromatic nitrogens is 2. The minimum atomic E-state index is -0.295. The summed E-state index contributed by atoms with van der Waals surface area (Å²) in [4.78, 5) is 25.6. The molecule has 2 aromatic carbocycles. The van der Waals surface area contributed by atoms with Gasteiger partial charge in [0.05, 0.1) is 17.1 Å². The zero-order valence-corrected chi connectivity index (χ0v) is 17.3. The van der Waals surface area contributed by atoms with Crippen LogP contribution in [0.15, 0.2) is 59.7 Å². The highest BCUT2D eigenvalue weighted by Gasteiger charge is 2.29. The molecule has 2 aliphatic rings. The molecule has 3 aromatic rings. The van der Waals surface area contributed by atoms with Crippen molar-refractivity contribution in [3.05, 3.63) is 71.4 Å². The van der Waals surface area contributed by atoms with E-state index in [4.69, 9.17) is 5.10 Å².